The molecule has 3 aromatic carbocycles. The monoisotopic (exact) mass is 393 g/mol. The van der Waals surface area contributed by atoms with Crippen molar-refractivity contribution < 1.29 is 13.2 Å². The first kappa shape index (κ1) is 18.7. The van der Waals surface area contributed by atoms with Gasteiger partial charge < -0.3 is 4.90 Å². The van der Waals surface area contributed by atoms with Crippen molar-refractivity contribution >= 4 is 26.5 Å². The van der Waals surface area contributed by atoms with Crippen molar-refractivity contribution in [2.45, 2.75) is 18.1 Å². The van der Waals surface area contributed by atoms with Gasteiger partial charge in [0.05, 0.1) is 17.4 Å². The SMILES string of the molecule is O=C(Cc1cccc2ccccc12)N1CC[C@@H](c2ccccc2)S(=O)(=O)CC1. The Morgan fingerprint density at radius 2 is 1.61 bits per heavy atom. The van der Waals surface area contributed by atoms with Crippen molar-refractivity contribution in [3.63, 3.8) is 0 Å². The van der Waals surface area contributed by atoms with Crippen LogP contribution in [0, 0.1) is 0 Å². The van der Waals surface area contributed by atoms with E-state index in [0.29, 0.717) is 13.0 Å². The molecule has 0 bridgehead atoms. The summed E-state index contributed by atoms with van der Waals surface area (Å²) in [6, 6.07) is 23.3. The van der Waals surface area contributed by atoms with Crippen LogP contribution < -0.4 is 0 Å². The Balaban J connectivity index is 1.53. The van der Waals surface area contributed by atoms with Gasteiger partial charge in [-0.05, 0) is 28.3 Å². The summed E-state index contributed by atoms with van der Waals surface area (Å²) >= 11 is 0. The molecule has 5 heteroatoms. The molecule has 1 aliphatic heterocycles. The van der Waals surface area contributed by atoms with Gasteiger partial charge in [0.25, 0.3) is 0 Å². The molecular formula is C23H23NO3S. The standard InChI is InChI=1S/C23H23NO3S/c25-23(17-20-11-6-10-18-7-4-5-12-21(18)20)24-14-13-22(28(26,27)16-15-24)19-8-2-1-3-9-19/h1-12,22H,13-17H2/t22-/m0/s1. The number of nitrogens with zero attached hydrogens (tertiary/aromatic N) is 1. The molecule has 144 valence electrons. The molecule has 0 radical (unpaired) electrons. The number of fused-ring (bicyclic) bond motifs is 1. The topological polar surface area (TPSA) is 54.5 Å². The lowest BCUT2D eigenvalue weighted by atomic mass is 10.0. The quantitative estimate of drug-likeness (QED) is 0.681. The molecule has 28 heavy (non-hydrogen) atoms. The fraction of sp³-hybridized carbons (Fsp3) is 0.261. The molecule has 0 aliphatic carbocycles. The Bertz CT molecular complexity index is 1090. The zero-order valence-corrected chi connectivity index (χ0v) is 16.4. The molecule has 1 atom stereocenters. The number of carbonyl (C=O) groups excluding carboxylic acids is 1. The Labute approximate surface area is 165 Å². The smallest absolute Gasteiger partial charge is 0.227 e. The largest absolute Gasteiger partial charge is 0.341 e. The fourth-order valence-corrected chi connectivity index (χ4v) is 5.75. The van der Waals surface area contributed by atoms with Gasteiger partial charge in [0.1, 0.15) is 0 Å². The van der Waals surface area contributed by atoms with Crippen LogP contribution in [0.15, 0.2) is 72.8 Å². The Morgan fingerprint density at radius 1 is 0.893 bits per heavy atom. The van der Waals surface area contributed by atoms with Crippen LogP contribution in [0.25, 0.3) is 10.8 Å². The average molecular weight is 394 g/mol. The van der Waals surface area contributed by atoms with Crippen molar-refractivity contribution in [3.8, 4) is 0 Å². The van der Waals surface area contributed by atoms with Crippen molar-refractivity contribution in [1.82, 2.24) is 4.90 Å². The van der Waals surface area contributed by atoms with Crippen LogP contribution in [0.1, 0.15) is 22.8 Å². The molecular weight excluding hydrogens is 370 g/mol. The molecule has 1 fully saturated rings. The molecule has 0 unspecified atom stereocenters. The van der Waals surface area contributed by atoms with E-state index in [2.05, 4.69) is 0 Å². The predicted octanol–water partition coefficient (Wildman–Crippen LogP) is 3.77. The van der Waals surface area contributed by atoms with Gasteiger partial charge in [-0.3, -0.25) is 4.79 Å². The molecule has 1 aliphatic rings. The van der Waals surface area contributed by atoms with Crippen LogP contribution in [0.4, 0.5) is 0 Å². The lowest BCUT2D eigenvalue weighted by molar-refractivity contribution is -0.130. The summed E-state index contributed by atoms with van der Waals surface area (Å²) in [7, 11) is -3.28. The van der Waals surface area contributed by atoms with Gasteiger partial charge in [0.2, 0.25) is 5.91 Å². The van der Waals surface area contributed by atoms with Gasteiger partial charge in [0, 0.05) is 13.1 Å². The molecule has 1 amide bonds. The van der Waals surface area contributed by atoms with Crippen LogP contribution in [-0.4, -0.2) is 38.1 Å². The van der Waals surface area contributed by atoms with Gasteiger partial charge in [-0.15, -0.1) is 0 Å². The van der Waals surface area contributed by atoms with E-state index in [1.165, 1.54) is 0 Å². The van der Waals surface area contributed by atoms with E-state index in [-0.39, 0.29) is 24.6 Å². The van der Waals surface area contributed by atoms with Gasteiger partial charge in [0.15, 0.2) is 9.84 Å². The maximum Gasteiger partial charge on any atom is 0.227 e. The van der Waals surface area contributed by atoms with Crippen LogP contribution in [0.2, 0.25) is 0 Å². The molecule has 0 spiro atoms. The number of amides is 1. The molecule has 0 N–H and O–H groups in total. The maximum absolute atomic E-state index is 12.9. The summed E-state index contributed by atoms with van der Waals surface area (Å²) in [6.07, 6.45) is 0.727. The van der Waals surface area contributed by atoms with Crippen molar-refractivity contribution in [2.75, 3.05) is 18.8 Å². The van der Waals surface area contributed by atoms with Crippen molar-refractivity contribution in [1.29, 1.82) is 0 Å². The van der Waals surface area contributed by atoms with E-state index >= 15 is 0 Å². The number of carbonyl (C=O) groups is 1. The first-order valence-corrected chi connectivity index (χ1v) is 11.3. The molecule has 1 saturated heterocycles. The fourth-order valence-electron chi connectivity index (χ4n) is 3.96. The van der Waals surface area contributed by atoms with Crippen LogP contribution in [0.3, 0.4) is 0 Å². The lowest BCUT2D eigenvalue weighted by Crippen LogP contribution is -2.34. The highest BCUT2D eigenvalue weighted by Crippen LogP contribution is 2.29. The van der Waals surface area contributed by atoms with E-state index in [1.807, 2.05) is 72.8 Å². The number of benzene rings is 3. The number of rotatable bonds is 3. The summed E-state index contributed by atoms with van der Waals surface area (Å²) < 4.78 is 25.5. The number of hydrogen-bond acceptors (Lipinski definition) is 3. The lowest BCUT2D eigenvalue weighted by Gasteiger charge is -2.20. The second-order valence-corrected chi connectivity index (χ2v) is 9.55. The van der Waals surface area contributed by atoms with Gasteiger partial charge in [-0.1, -0.05) is 72.8 Å². The minimum atomic E-state index is -3.28. The van der Waals surface area contributed by atoms with E-state index in [4.69, 9.17) is 0 Å². The molecule has 0 aromatic heterocycles. The van der Waals surface area contributed by atoms with Crippen molar-refractivity contribution in [2.24, 2.45) is 0 Å². The first-order chi connectivity index (χ1) is 13.5. The molecule has 4 nitrogen and oxygen atoms in total. The number of sulfone groups is 1. The number of hydrogen-bond donors (Lipinski definition) is 0. The summed E-state index contributed by atoms with van der Waals surface area (Å²) in [5.74, 6) is -0.00587. The summed E-state index contributed by atoms with van der Waals surface area (Å²) in [4.78, 5) is 14.7. The van der Waals surface area contributed by atoms with Gasteiger partial charge in [-0.2, -0.15) is 0 Å². The Hall–Kier alpha value is -2.66. The Kier molecular flexibility index (Phi) is 5.18. The van der Waals surface area contributed by atoms with Gasteiger partial charge in [-0.25, -0.2) is 8.42 Å². The predicted molar refractivity (Wildman–Crippen MR) is 112 cm³/mol. The van der Waals surface area contributed by atoms with E-state index in [9.17, 15) is 13.2 Å². The molecule has 1 heterocycles. The first-order valence-electron chi connectivity index (χ1n) is 9.55. The third-order valence-electron chi connectivity index (χ3n) is 5.49. The zero-order valence-electron chi connectivity index (χ0n) is 15.6. The van der Waals surface area contributed by atoms with Crippen LogP contribution in [-0.2, 0) is 21.1 Å². The second kappa shape index (κ2) is 7.76. The average Bonchev–Trinajstić information content (AvgIpc) is 2.87. The third-order valence-corrected chi connectivity index (χ3v) is 7.61. The highest BCUT2D eigenvalue weighted by Gasteiger charge is 2.32. The molecule has 4 rings (SSSR count). The van der Waals surface area contributed by atoms with E-state index < -0.39 is 15.1 Å². The maximum atomic E-state index is 12.9. The Morgan fingerprint density at radius 3 is 2.43 bits per heavy atom. The normalized spacial score (nSPS) is 19.3. The zero-order chi connectivity index (χ0) is 19.6. The van der Waals surface area contributed by atoms with Crippen molar-refractivity contribution in [3.05, 3.63) is 83.9 Å². The van der Waals surface area contributed by atoms with E-state index in [0.717, 1.165) is 21.9 Å². The highest BCUT2D eigenvalue weighted by molar-refractivity contribution is 7.91. The second-order valence-electron chi connectivity index (χ2n) is 7.25. The molecule has 0 saturated carbocycles. The van der Waals surface area contributed by atoms with E-state index in [1.54, 1.807) is 4.90 Å². The van der Waals surface area contributed by atoms with Crippen LogP contribution >= 0.6 is 0 Å². The summed E-state index contributed by atoms with van der Waals surface area (Å²) in [6.45, 7) is 0.720. The minimum absolute atomic E-state index is 0.00778. The summed E-state index contributed by atoms with van der Waals surface area (Å²) in [5, 5.41) is 1.64. The summed E-state index contributed by atoms with van der Waals surface area (Å²) in [5.41, 5.74) is 1.79. The van der Waals surface area contributed by atoms with Gasteiger partial charge >= 0.3 is 0 Å². The van der Waals surface area contributed by atoms with Crippen LogP contribution in [0.5, 0.6) is 0 Å². The minimum Gasteiger partial charge on any atom is -0.341 e. The highest BCUT2D eigenvalue weighted by atomic mass is 32.2. The third kappa shape index (κ3) is 3.80. The molecule has 3 aromatic rings.